The Kier molecular flexibility index (Phi) is 6.76. The minimum absolute atomic E-state index is 0.342. The molecule has 7 nitrogen and oxygen atoms in total. The zero-order chi connectivity index (χ0) is 18.1. The Bertz CT molecular complexity index is 707. The highest BCUT2D eigenvalue weighted by atomic mass is 16.5. The highest BCUT2D eigenvalue weighted by Gasteiger charge is 2.13. The maximum Gasteiger partial charge on any atom is 0.272 e. The lowest BCUT2D eigenvalue weighted by Gasteiger charge is -2.14. The third kappa shape index (κ3) is 4.94. The van der Waals surface area contributed by atoms with Crippen molar-refractivity contribution in [2.24, 2.45) is 5.10 Å². The van der Waals surface area contributed by atoms with Gasteiger partial charge in [0, 0.05) is 18.0 Å². The van der Waals surface area contributed by atoms with E-state index in [0.717, 1.165) is 6.42 Å². The fourth-order valence-corrected chi connectivity index (χ4v) is 2.05. The predicted octanol–water partition coefficient (Wildman–Crippen LogP) is 2.65. The molecule has 0 bridgehead atoms. The molecule has 1 amide bonds. The zero-order valence-electron chi connectivity index (χ0n) is 14.5. The van der Waals surface area contributed by atoms with Crippen LogP contribution in [-0.4, -0.2) is 37.9 Å². The number of hydrogen-bond donors (Lipinski definition) is 1. The van der Waals surface area contributed by atoms with Gasteiger partial charge in [0.1, 0.15) is 0 Å². The van der Waals surface area contributed by atoms with Crippen LogP contribution in [0.25, 0.3) is 0 Å². The molecule has 1 heterocycles. The molecule has 0 spiro atoms. The molecule has 0 radical (unpaired) electrons. The largest absolute Gasteiger partial charge is 0.493 e. The summed E-state index contributed by atoms with van der Waals surface area (Å²) in [5.41, 5.74) is 3.58. The molecule has 1 N–H and O–H groups in total. The molecule has 25 heavy (non-hydrogen) atoms. The van der Waals surface area contributed by atoms with Crippen molar-refractivity contribution in [2.75, 3.05) is 20.8 Å². The van der Waals surface area contributed by atoms with E-state index < -0.39 is 0 Å². The quantitative estimate of drug-likeness (QED) is 0.588. The number of carbonyl (C=O) groups excluding carboxylic acids is 1. The molecular weight excluding hydrogens is 322 g/mol. The van der Waals surface area contributed by atoms with Crippen molar-refractivity contribution in [3.8, 4) is 17.2 Å². The van der Waals surface area contributed by atoms with E-state index in [1.54, 1.807) is 44.7 Å². The van der Waals surface area contributed by atoms with E-state index in [1.165, 1.54) is 12.4 Å². The van der Waals surface area contributed by atoms with Crippen molar-refractivity contribution in [3.05, 3.63) is 47.8 Å². The van der Waals surface area contributed by atoms with Gasteiger partial charge in [0.25, 0.3) is 5.91 Å². The molecule has 0 fully saturated rings. The standard InChI is InChI=1S/C18H21N3O4/c1-4-8-25-17-15(23-2)9-13(10-16(17)24-3)11-20-21-18(22)14-6-5-7-19-12-14/h5-7,9-12H,4,8H2,1-3H3,(H,21,22)/b20-11-. The number of carbonyl (C=O) groups is 1. The Hall–Kier alpha value is -3.09. The van der Waals surface area contributed by atoms with Crippen LogP contribution in [0.1, 0.15) is 29.3 Å². The Labute approximate surface area is 146 Å². The summed E-state index contributed by atoms with van der Waals surface area (Å²) in [6.07, 6.45) is 5.44. The van der Waals surface area contributed by atoms with Crippen LogP contribution in [0.5, 0.6) is 17.2 Å². The highest BCUT2D eigenvalue weighted by molar-refractivity contribution is 5.94. The smallest absolute Gasteiger partial charge is 0.272 e. The Morgan fingerprint density at radius 2 is 2.00 bits per heavy atom. The van der Waals surface area contributed by atoms with Gasteiger partial charge in [0.05, 0.1) is 32.6 Å². The van der Waals surface area contributed by atoms with E-state index in [0.29, 0.717) is 35.0 Å². The van der Waals surface area contributed by atoms with E-state index in [9.17, 15) is 4.79 Å². The van der Waals surface area contributed by atoms with Gasteiger partial charge >= 0.3 is 0 Å². The van der Waals surface area contributed by atoms with Gasteiger partial charge in [-0.25, -0.2) is 5.43 Å². The van der Waals surface area contributed by atoms with Gasteiger partial charge in [-0.15, -0.1) is 0 Å². The van der Waals surface area contributed by atoms with Crippen LogP contribution >= 0.6 is 0 Å². The molecule has 0 aliphatic rings. The van der Waals surface area contributed by atoms with Gasteiger partial charge in [-0.2, -0.15) is 5.10 Å². The van der Waals surface area contributed by atoms with Gasteiger partial charge in [-0.05, 0) is 30.7 Å². The number of aromatic nitrogens is 1. The van der Waals surface area contributed by atoms with Crippen LogP contribution in [0.4, 0.5) is 0 Å². The number of nitrogens with zero attached hydrogens (tertiary/aromatic N) is 2. The monoisotopic (exact) mass is 343 g/mol. The fraction of sp³-hybridized carbons (Fsp3) is 0.278. The molecule has 1 aromatic heterocycles. The van der Waals surface area contributed by atoms with Crippen LogP contribution in [-0.2, 0) is 0 Å². The molecule has 0 saturated carbocycles. The molecule has 0 saturated heterocycles. The summed E-state index contributed by atoms with van der Waals surface area (Å²) in [6.45, 7) is 2.58. The third-order valence-corrected chi connectivity index (χ3v) is 3.24. The number of methoxy groups -OCH3 is 2. The Morgan fingerprint density at radius 1 is 1.28 bits per heavy atom. The summed E-state index contributed by atoms with van der Waals surface area (Å²) in [7, 11) is 3.11. The Balaban J connectivity index is 2.14. The van der Waals surface area contributed by atoms with Gasteiger partial charge in [0.2, 0.25) is 5.75 Å². The summed E-state index contributed by atoms with van der Waals surface area (Å²) >= 11 is 0. The number of rotatable bonds is 8. The number of hydrogen-bond acceptors (Lipinski definition) is 6. The normalized spacial score (nSPS) is 10.5. The van der Waals surface area contributed by atoms with Crippen molar-refractivity contribution in [2.45, 2.75) is 13.3 Å². The number of pyridine rings is 1. The molecule has 0 aliphatic heterocycles. The molecule has 132 valence electrons. The second-order valence-electron chi connectivity index (χ2n) is 5.04. The van der Waals surface area contributed by atoms with E-state index in [-0.39, 0.29) is 5.91 Å². The van der Waals surface area contributed by atoms with Crippen molar-refractivity contribution < 1.29 is 19.0 Å². The third-order valence-electron chi connectivity index (χ3n) is 3.24. The molecule has 0 atom stereocenters. The summed E-state index contributed by atoms with van der Waals surface area (Å²) in [5.74, 6) is 1.27. The first-order valence-electron chi connectivity index (χ1n) is 7.81. The lowest BCUT2D eigenvalue weighted by Crippen LogP contribution is -2.17. The number of benzene rings is 1. The minimum Gasteiger partial charge on any atom is -0.493 e. The van der Waals surface area contributed by atoms with Crippen LogP contribution in [0, 0.1) is 0 Å². The lowest BCUT2D eigenvalue weighted by molar-refractivity contribution is 0.0955. The molecule has 7 heteroatoms. The van der Waals surface area contributed by atoms with E-state index in [1.807, 2.05) is 6.92 Å². The first-order chi connectivity index (χ1) is 12.2. The summed E-state index contributed by atoms with van der Waals surface area (Å²) in [6, 6.07) is 6.85. The number of nitrogens with one attached hydrogen (secondary N) is 1. The molecule has 2 aromatic rings. The van der Waals surface area contributed by atoms with E-state index >= 15 is 0 Å². The summed E-state index contributed by atoms with van der Waals surface area (Å²) in [5, 5.41) is 3.96. The van der Waals surface area contributed by atoms with Crippen molar-refractivity contribution >= 4 is 12.1 Å². The second kappa shape index (κ2) is 9.27. The molecule has 0 aliphatic carbocycles. The first-order valence-corrected chi connectivity index (χ1v) is 7.81. The number of amides is 1. The van der Waals surface area contributed by atoms with Crippen LogP contribution < -0.4 is 19.6 Å². The summed E-state index contributed by atoms with van der Waals surface area (Å²) < 4.78 is 16.4. The van der Waals surface area contributed by atoms with Crippen LogP contribution in [0.2, 0.25) is 0 Å². The molecule has 0 unspecified atom stereocenters. The van der Waals surface area contributed by atoms with Crippen molar-refractivity contribution in [3.63, 3.8) is 0 Å². The zero-order valence-corrected chi connectivity index (χ0v) is 14.5. The van der Waals surface area contributed by atoms with Gasteiger partial charge in [0.15, 0.2) is 11.5 Å². The van der Waals surface area contributed by atoms with E-state index in [4.69, 9.17) is 14.2 Å². The van der Waals surface area contributed by atoms with E-state index in [2.05, 4.69) is 15.5 Å². The van der Waals surface area contributed by atoms with Gasteiger partial charge < -0.3 is 14.2 Å². The maximum absolute atomic E-state index is 11.9. The average Bonchev–Trinajstić information content (AvgIpc) is 2.66. The highest BCUT2D eigenvalue weighted by Crippen LogP contribution is 2.38. The summed E-state index contributed by atoms with van der Waals surface area (Å²) in [4.78, 5) is 15.8. The van der Waals surface area contributed by atoms with Crippen LogP contribution in [0.3, 0.4) is 0 Å². The molecular formula is C18H21N3O4. The Morgan fingerprint density at radius 3 is 2.56 bits per heavy atom. The van der Waals surface area contributed by atoms with Crippen LogP contribution in [0.15, 0.2) is 41.8 Å². The SMILES string of the molecule is CCCOc1c(OC)cc(/C=N\NC(=O)c2cccnc2)cc1OC. The molecule has 2 rings (SSSR count). The lowest BCUT2D eigenvalue weighted by atomic mass is 10.2. The predicted molar refractivity (Wildman–Crippen MR) is 94.6 cm³/mol. The van der Waals surface area contributed by atoms with Gasteiger partial charge in [-0.3, -0.25) is 9.78 Å². The van der Waals surface area contributed by atoms with Crippen molar-refractivity contribution in [1.82, 2.24) is 10.4 Å². The average molecular weight is 343 g/mol. The van der Waals surface area contributed by atoms with Gasteiger partial charge in [-0.1, -0.05) is 6.92 Å². The number of ether oxygens (including phenoxy) is 3. The fourth-order valence-electron chi connectivity index (χ4n) is 2.05. The second-order valence-corrected chi connectivity index (χ2v) is 5.04. The van der Waals surface area contributed by atoms with Crippen molar-refractivity contribution in [1.29, 1.82) is 0 Å². The topological polar surface area (TPSA) is 82.0 Å². The maximum atomic E-state index is 11.9. The molecule has 1 aromatic carbocycles. The minimum atomic E-state index is -0.342. The first kappa shape index (κ1) is 18.3. The number of hydrazone groups is 1.